The van der Waals surface area contributed by atoms with Gasteiger partial charge in [0, 0.05) is 11.8 Å². The van der Waals surface area contributed by atoms with Crippen molar-refractivity contribution >= 4 is 23.2 Å². The Morgan fingerprint density at radius 3 is 1.56 bits per heavy atom. The van der Waals surface area contributed by atoms with Gasteiger partial charge >= 0.3 is 0 Å². The molecule has 0 amide bonds. The van der Waals surface area contributed by atoms with Gasteiger partial charge in [-0.15, -0.1) is 23.2 Å². The fraction of sp³-hybridized carbons (Fsp3) is 1.00. The molecule has 0 N–H and O–H groups in total. The second-order valence-electron chi connectivity index (χ2n) is 5.74. The molecule has 0 unspecified atom stereocenters. The molecule has 0 rings (SSSR count). The van der Waals surface area contributed by atoms with Crippen LogP contribution in [0.4, 0.5) is 0 Å². The molecule has 0 radical (unpaired) electrons. The summed E-state index contributed by atoms with van der Waals surface area (Å²) in [5.41, 5.74) is 0.208. The summed E-state index contributed by atoms with van der Waals surface area (Å²) in [7, 11) is 0. The molecule has 0 fully saturated rings. The van der Waals surface area contributed by atoms with Gasteiger partial charge in [0.05, 0.1) is 0 Å². The van der Waals surface area contributed by atoms with Gasteiger partial charge < -0.3 is 0 Å². The van der Waals surface area contributed by atoms with Crippen molar-refractivity contribution in [3.63, 3.8) is 0 Å². The molecule has 0 saturated carbocycles. The molecule has 110 valence electrons. The SMILES string of the molecule is CCCCCCCCCCC(CCl)(CCl)CCC. The molecule has 0 atom stereocenters. The first kappa shape index (κ1) is 18.6. The highest BCUT2D eigenvalue weighted by atomic mass is 35.5. The second kappa shape index (κ2) is 12.6. The van der Waals surface area contributed by atoms with Crippen molar-refractivity contribution in [3.8, 4) is 0 Å². The quantitative estimate of drug-likeness (QED) is 0.259. The van der Waals surface area contributed by atoms with Gasteiger partial charge in [-0.2, -0.15) is 0 Å². The zero-order chi connectivity index (χ0) is 13.7. The Morgan fingerprint density at radius 2 is 1.11 bits per heavy atom. The van der Waals surface area contributed by atoms with Gasteiger partial charge in [-0.25, -0.2) is 0 Å². The van der Waals surface area contributed by atoms with Crippen molar-refractivity contribution in [1.29, 1.82) is 0 Å². The fourth-order valence-electron chi connectivity index (χ4n) is 2.59. The number of rotatable bonds is 13. The lowest BCUT2D eigenvalue weighted by Crippen LogP contribution is -2.25. The lowest BCUT2D eigenvalue weighted by atomic mass is 9.82. The van der Waals surface area contributed by atoms with Crippen molar-refractivity contribution in [3.05, 3.63) is 0 Å². The number of halogens is 2. The summed E-state index contributed by atoms with van der Waals surface area (Å²) in [5.74, 6) is 1.45. The van der Waals surface area contributed by atoms with E-state index < -0.39 is 0 Å². The van der Waals surface area contributed by atoms with Crippen LogP contribution in [0.5, 0.6) is 0 Å². The maximum Gasteiger partial charge on any atom is 0.0291 e. The predicted molar refractivity (Wildman–Crippen MR) is 86.0 cm³/mol. The van der Waals surface area contributed by atoms with Gasteiger partial charge in [0.25, 0.3) is 0 Å². The summed E-state index contributed by atoms with van der Waals surface area (Å²) in [6.45, 7) is 4.49. The number of unbranched alkanes of at least 4 members (excludes halogenated alkanes) is 7. The molecule has 0 saturated heterocycles. The largest absolute Gasteiger partial charge is 0.126 e. The van der Waals surface area contributed by atoms with Crippen LogP contribution in [0.2, 0.25) is 0 Å². The van der Waals surface area contributed by atoms with Crippen molar-refractivity contribution < 1.29 is 0 Å². The average molecular weight is 295 g/mol. The van der Waals surface area contributed by atoms with Crippen LogP contribution >= 0.6 is 23.2 Å². The molecular weight excluding hydrogens is 263 g/mol. The molecule has 0 aliphatic rings. The Hall–Kier alpha value is 0.580. The zero-order valence-electron chi connectivity index (χ0n) is 12.4. The smallest absolute Gasteiger partial charge is 0.0291 e. The van der Waals surface area contributed by atoms with Crippen LogP contribution in [0.1, 0.15) is 84.5 Å². The summed E-state index contributed by atoms with van der Waals surface area (Å²) in [4.78, 5) is 0. The topological polar surface area (TPSA) is 0 Å². The van der Waals surface area contributed by atoms with E-state index in [2.05, 4.69) is 13.8 Å². The van der Waals surface area contributed by atoms with Gasteiger partial charge in [0.15, 0.2) is 0 Å². The average Bonchev–Trinajstić information content (AvgIpc) is 2.40. The van der Waals surface area contributed by atoms with Crippen LogP contribution in [-0.4, -0.2) is 11.8 Å². The van der Waals surface area contributed by atoms with Gasteiger partial charge in [0.1, 0.15) is 0 Å². The van der Waals surface area contributed by atoms with Gasteiger partial charge in [-0.05, 0) is 18.3 Å². The highest BCUT2D eigenvalue weighted by Gasteiger charge is 2.26. The maximum absolute atomic E-state index is 6.12. The maximum atomic E-state index is 6.12. The van der Waals surface area contributed by atoms with Gasteiger partial charge in [-0.3, -0.25) is 0 Å². The van der Waals surface area contributed by atoms with Crippen LogP contribution in [-0.2, 0) is 0 Å². The normalized spacial score (nSPS) is 12.0. The summed E-state index contributed by atoms with van der Waals surface area (Å²) in [6.07, 6.45) is 14.6. The van der Waals surface area contributed by atoms with Crippen LogP contribution in [0.3, 0.4) is 0 Å². The molecule has 0 bridgehead atoms. The minimum Gasteiger partial charge on any atom is -0.126 e. The first-order valence-corrected chi connectivity index (χ1v) is 8.93. The third kappa shape index (κ3) is 8.64. The van der Waals surface area contributed by atoms with Crippen LogP contribution in [0.25, 0.3) is 0 Å². The number of alkyl halides is 2. The van der Waals surface area contributed by atoms with Crippen molar-refractivity contribution in [1.82, 2.24) is 0 Å². The van der Waals surface area contributed by atoms with E-state index in [4.69, 9.17) is 23.2 Å². The number of hydrogen-bond donors (Lipinski definition) is 0. The molecule has 0 aromatic heterocycles. The Bertz CT molecular complexity index is 164. The van der Waals surface area contributed by atoms with E-state index >= 15 is 0 Å². The summed E-state index contributed by atoms with van der Waals surface area (Å²) in [5, 5.41) is 0. The van der Waals surface area contributed by atoms with Crippen molar-refractivity contribution in [2.24, 2.45) is 5.41 Å². The molecule has 0 aliphatic carbocycles. The molecule has 0 aromatic carbocycles. The Labute approximate surface area is 125 Å². The molecule has 2 heteroatoms. The first-order chi connectivity index (χ1) is 8.74. The first-order valence-electron chi connectivity index (χ1n) is 7.86. The molecule has 0 spiro atoms. The van der Waals surface area contributed by atoms with Gasteiger partial charge in [0.2, 0.25) is 0 Å². The van der Waals surface area contributed by atoms with Crippen LogP contribution < -0.4 is 0 Å². The zero-order valence-corrected chi connectivity index (χ0v) is 14.0. The molecule has 0 nitrogen and oxygen atoms in total. The molecule has 0 aromatic rings. The third-order valence-electron chi connectivity index (χ3n) is 3.91. The molecule has 0 aliphatic heterocycles. The van der Waals surface area contributed by atoms with E-state index in [0.717, 1.165) is 11.8 Å². The molecule has 0 heterocycles. The van der Waals surface area contributed by atoms with Crippen molar-refractivity contribution in [2.75, 3.05) is 11.8 Å². The molecular formula is C16H32Cl2. The summed E-state index contributed by atoms with van der Waals surface area (Å²) < 4.78 is 0. The van der Waals surface area contributed by atoms with E-state index in [1.165, 1.54) is 70.6 Å². The van der Waals surface area contributed by atoms with E-state index in [1.807, 2.05) is 0 Å². The summed E-state index contributed by atoms with van der Waals surface area (Å²) >= 11 is 12.2. The molecule has 18 heavy (non-hydrogen) atoms. The highest BCUT2D eigenvalue weighted by molar-refractivity contribution is 6.21. The fourth-order valence-corrected chi connectivity index (χ4v) is 3.41. The minimum atomic E-state index is 0.208. The highest BCUT2D eigenvalue weighted by Crippen LogP contribution is 2.33. The monoisotopic (exact) mass is 294 g/mol. The predicted octanol–water partition coefficient (Wildman–Crippen LogP) is 6.78. The third-order valence-corrected chi connectivity index (χ3v) is 5.04. The van der Waals surface area contributed by atoms with Crippen LogP contribution in [0, 0.1) is 5.41 Å². The summed E-state index contributed by atoms with van der Waals surface area (Å²) in [6, 6.07) is 0. The van der Waals surface area contributed by atoms with Crippen LogP contribution in [0.15, 0.2) is 0 Å². The Kier molecular flexibility index (Phi) is 13.0. The second-order valence-corrected chi connectivity index (χ2v) is 6.28. The lowest BCUT2D eigenvalue weighted by Gasteiger charge is -2.29. The van der Waals surface area contributed by atoms with E-state index in [1.54, 1.807) is 0 Å². The van der Waals surface area contributed by atoms with E-state index in [9.17, 15) is 0 Å². The van der Waals surface area contributed by atoms with E-state index in [-0.39, 0.29) is 5.41 Å². The lowest BCUT2D eigenvalue weighted by molar-refractivity contribution is 0.302. The van der Waals surface area contributed by atoms with Crippen molar-refractivity contribution in [2.45, 2.75) is 84.5 Å². The minimum absolute atomic E-state index is 0.208. The standard InChI is InChI=1S/C16H32Cl2/c1-3-5-6-7-8-9-10-11-13-16(14-17,15-18)12-4-2/h3-15H2,1-2H3. The Balaban J connectivity index is 3.55. The van der Waals surface area contributed by atoms with Gasteiger partial charge in [-0.1, -0.05) is 71.6 Å². The number of hydrogen-bond acceptors (Lipinski definition) is 0. The Morgan fingerprint density at radius 1 is 0.611 bits per heavy atom. The van der Waals surface area contributed by atoms with E-state index in [0.29, 0.717) is 0 Å².